The van der Waals surface area contributed by atoms with Crippen LogP contribution in [0.4, 0.5) is 0 Å². The van der Waals surface area contributed by atoms with Crippen LogP contribution in [-0.2, 0) is 13.0 Å². The number of nitrogens with one attached hydrogen (secondary N) is 2. The Kier molecular flexibility index (Phi) is 6.33. The first-order chi connectivity index (χ1) is 10.6. The molecular formula is C15H23N5S2. The maximum atomic E-state index is 4.61. The third kappa shape index (κ3) is 5.06. The SMILES string of the molecule is CN=C(NCCc1ncc(C)s1)NCc1csc(C(C)C)n1. The summed E-state index contributed by atoms with van der Waals surface area (Å²) >= 11 is 3.46. The molecule has 2 aromatic rings. The summed E-state index contributed by atoms with van der Waals surface area (Å²) in [5.41, 5.74) is 1.06. The zero-order chi connectivity index (χ0) is 15.9. The minimum absolute atomic E-state index is 0.484. The molecule has 0 amide bonds. The van der Waals surface area contributed by atoms with Crippen LogP contribution in [0.2, 0.25) is 0 Å². The Labute approximate surface area is 139 Å². The lowest BCUT2D eigenvalue weighted by atomic mass is 10.2. The molecule has 0 atom stereocenters. The van der Waals surface area contributed by atoms with Crippen LogP contribution in [0.1, 0.15) is 40.4 Å². The van der Waals surface area contributed by atoms with E-state index in [0.29, 0.717) is 12.5 Å². The minimum atomic E-state index is 0.484. The van der Waals surface area contributed by atoms with Crippen molar-refractivity contribution in [3.8, 4) is 0 Å². The standard InChI is InChI=1S/C15H23N5S2/c1-10(2)14-20-12(9-21-14)8-19-15(16-4)17-6-5-13-18-7-11(3)22-13/h7,9-10H,5-6,8H2,1-4H3,(H2,16,17,19). The Hall–Kier alpha value is -1.47. The van der Waals surface area contributed by atoms with Gasteiger partial charge in [0.15, 0.2) is 5.96 Å². The Balaban J connectivity index is 1.74. The highest BCUT2D eigenvalue weighted by Gasteiger charge is 2.06. The highest BCUT2D eigenvalue weighted by Crippen LogP contribution is 2.18. The van der Waals surface area contributed by atoms with Crippen molar-refractivity contribution in [2.75, 3.05) is 13.6 Å². The molecule has 0 aliphatic heterocycles. The van der Waals surface area contributed by atoms with Crippen molar-refractivity contribution in [1.82, 2.24) is 20.6 Å². The second kappa shape index (κ2) is 8.24. The van der Waals surface area contributed by atoms with E-state index >= 15 is 0 Å². The average molecular weight is 338 g/mol. The van der Waals surface area contributed by atoms with Crippen LogP contribution < -0.4 is 10.6 Å². The molecule has 0 saturated heterocycles. The number of aliphatic imine (C=N–C) groups is 1. The molecule has 22 heavy (non-hydrogen) atoms. The van der Waals surface area contributed by atoms with Gasteiger partial charge in [0.2, 0.25) is 0 Å². The highest BCUT2D eigenvalue weighted by atomic mass is 32.1. The number of rotatable bonds is 6. The lowest BCUT2D eigenvalue weighted by Crippen LogP contribution is -2.37. The monoisotopic (exact) mass is 337 g/mol. The van der Waals surface area contributed by atoms with Gasteiger partial charge in [-0.3, -0.25) is 4.99 Å². The van der Waals surface area contributed by atoms with Crippen LogP contribution in [0, 0.1) is 6.92 Å². The first-order valence-corrected chi connectivity index (χ1v) is 9.08. The number of guanidine groups is 1. The number of hydrogen-bond acceptors (Lipinski definition) is 5. The number of aryl methyl sites for hydroxylation is 1. The Morgan fingerprint density at radius 3 is 2.77 bits per heavy atom. The zero-order valence-corrected chi connectivity index (χ0v) is 15.1. The van der Waals surface area contributed by atoms with Crippen LogP contribution in [0.15, 0.2) is 16.6 Å². The summed E-state index contributed by atoms with van der Waals surface area (Å²) in [5.74, 6) is 1.28. The van der Waals surface area contributed by atoms with Crippen LogP contribution in [-0.4, -0.2) is 29.5 Å². The van der Waals surface area contributed by atoms with Gasteiger partial charge in [-0.15, -0.1) is 22.7 Å². The van der Waals surface area contributed by atoms with Gasteiger partial charge >= 0.3 is 0 Å². The zero-order valence-electron chi connectivity index (χ0n) is 13.5. The van der Waals surface area contributed by atoms with E-state index in [4.69, 9.17) is 0 Å². The molecular weight excluding hydrogens is 314 g/mol. The summed E-state index contributed by atoms with van der Waals surface area (Å²) in [6.45, 7) is 7.92. The van der Waals surface area contributed by atoms with Gasteiger partial charge in [-0.05, 0) is 6.92 Å². The van der Waals surface area contributed by atoms with Gasteiger partial charge in [-0.25, -0.2) is 9.97 Å². The third-order valence-electron chi connectivity index (χ3n) is 3.02. The molecule has 0 aliphatic rings. The number of aromatic nitrogens is 2. The van der Waals surface area contributed by atoms with Crippen molar-refractivity contribution in [2.45, 2.75) is 39.7 Å². The molecule has 0 unspecified atom stereocenters. The highest BCUT2D eigenvalue weighted by molar-refractivity contribution is 7.11. The molecule has 0 saturated carbocycles. The summed E-state index contributed by atoms with van der Waals surface area (Å²) in [6, 6.07) is 0. The second-order valence-electron chi connectivity index (χ2n) is 5.30. The summed E-state index contributed by atoms with van der Waals surface area (Å²) in [7, 11) is 1.78. The van der Waals surface area contributed by atoms with Gasteiger partial charge in [0.05, 0.1) is 22.3 Å². The fraction of sp³-hybridized carbons (Fsp3) is 0.533. The molecule has 120 valence electrons. The van der Waals surface area contributed by atoms with E-state index in [0.717, 1.165) is 29.6 Å². The topological polar surface area (TPSA) is 62.2 Å². The lowest BCUT2D eigenvalue weighted by molar-refractivity contribution is 0.774. The van der Waals surface area contributed by atoms with Crippen molar-refractivity contribution >= 4 is 28.6 Å². The summed E-state index contributed by atoms with van der Waals surface area (Å²) < 4.78 is 0. The molecule has 0 aliphatic carbocycles. The second-order valence-corrected chi connectivity index (χ2v) is 7.51. The van der Waals surface area contributed by atoms with E-state index in [1.165, 1.54) is 9.88 Å². The molecule has 2 aromatic heterocycles. The number of hydrogen-bond donors (Lipinski definition) is 2. The number of thiazole rings is 2. The Morgan fingerprint density at radius 1 is 1.36 bits per heavy atom. The van der Waals surface area contributed by atoms with Crippen LogP contribution in [0.25, 0.3) is 0 Å². The summed E-state index contributed by atoms with van der Waals surface area (Å²) in [4.78, 5) is 14.5. The van der Waals surface area contributed by atoms with Crippen molar-refractivity contribution in [3.05, 3.63) is 32.2 Å². The maximum Gasteiger partial charge on any atom is 0.191 e. The quantitative estimate of drug-likeness (QED) is 0.628. The fourth-order valence-corrected chi connectivity index (χ4v) is 3.49. The normalized spacial score (nSPS) is 12.0. The molecule has 2 heterocycles. The van der Waals surface area contributed by atoms with Gasteiger partial charge < -0.3 is 10.6 Å². The third-order valence-corrected chi connectivity index (χ3v) is 5.19. The van der Waals surface area contributed by atoms with Gasteiger partial charge in [0.1, 0.15) is 0 Å². The molecule has 2 N–H and O–H groups in total. The van der Waals surface area contributed by atoms with E-state index in [9.17, 15) is 0 Å². The first kappa shape index (κ1) is 16.9. The van der Waals surface area contributed by atoms with E-state index in [1.807, 2.05) is 6.20 Å². The van der Waals surface area contributed by atoms with Crippen LogP contribution >= 0.6 is 22.7 Å². The van der Waals surface area contributed by atoms with E-state index in [2.05, 4.69) is 51.7 Å². The van der Waals surface area contributed by atoms with Crippen molar-refractivity contribution < 1.29 is 0 Å². The minimum Gasteiger partial charge on any atom is -0.356 e. The average Bonchev–Trinajstić information content (AvgIpc) is 3.11. The van der Waals surface area contributed by atoms with E-state index in [1.54, 1.807) is 29.7 Å². The molecule has 7 heteroatoms. The summed E-state index contributed by atoms with van der Waals surface area (Å²) in [5, 5.41) is 11.0. The predicted molar refractivity (Wildman–Crippen MR) is 95.0 cm³/mol. The van der Waals surface area contributed by atoms with Crippen molar-refractivity contribution in [3.63, 3.8) is 0 Å². The first-order valence-electron chi connectivity index (χ1n) is 7.38. The maximum absolute atomic E-state index is 4.61. The van der Waals surface area contributed by atoms with Gasteiger partial charge in [0, 0.05) is 42.4 Å². The molecule has 5 nitrogen and oxygen atoms in total. The molecule has 0 spiro atoms. The molecule has 0 aromatic carbocycles. The van der Waals surface area contributed by atoms with E-state index < -0.39 is 0 Å². The summed E-state index contributed by atoms with van der Waals surface area (Å²) in [6.07, 6.45) is 2.83. The largest absolute Gasteiger partial charge is 0.356 e. The molecule has 0 bridgehead atoms. The molecule has 0 radical (unpaired) electrons. The van der Waals surface area contributed by atoms with Crippen LogP contribution in [0.3, 0.4) is 0 Å². The van der Waals surface area contributed by atoms with Gasteiger partial charge in [-0.1, -0.05) is 13.8 Å². The van der Waals surface area contributed by atoms with Crippen LogP contribution in [0.5, 0.6) is 0 Å². The predicted octanol–water partition coefficient (Wildman–Crippen LogP) is 2.94. The molecule has 2 rings (SSSR count). The number of nitrogens with zero attached hydrogens (tertiary/aromatic N) is 3. The van der Waals surface area contributed by atoms with Crippen molar-refractivity contribution in [1.29, 1.82) is 0 Å². The lowest BCUT2D eigenvalue weighted by Gasteiger charge is -2.10. The molecule has 0 fully saturated rings. The van der Waals surface area contributed by atoms with Gasteiger partial charge in [0.25, 0.3) is 0 Å². The Morgan fingerprint density at radius 2 is 2.18 bits per heavy atom. The van der Waals surface area contributed by atoms with E-state index in [-0.39, 0.29) is 0 Å². The van der Waals surface area contributed by atoms with Crippen molar-refractivity contribution in [2.24, 2.45) is 4.99 Å². The van der Waals surface area contributed by atoms with Gasteiger partial charge in [-0.2, -0.15) is 0 Å². The smallest absolute Gasteiger partial charge is 0.191 e. The Bertz CT molecular complexity index is 615. The fourth-order valence-electron chi connectivity index (χ4n) is 1.87.